The van der Waals surface area contributed by atoms with E-state index < -0.39 is 17.2 Å². The molecule has 0 spiro atoms. The van der Waals surface area contributed by atoms with Crippen LogP contribution in [0.15, 0.2) is 29.5 Å². The molecule has 0 aromatic carbocycles. The summed E-state index contributed by atoms with van der Waals surface area (Å²) in [6, 6.07) is 1.28. The lowest BCUT2D eigenvalue weighted by molar-refractivity contribution is 0.0695. The van der Waals surface area contributed by atoms with E-state index >= 15 is 0 Å². The van der Waals surface area contributed by atoms with Crippen molar-refractivity contribution in [1.82, 2.24) is 24.5 Å². The van der Waals surface area contributed by atoms with E-state index in [0.717, 1.165) is 25.3 Å². The summed E-state index contributed by atoms with van der Waals surface area (Å²) in [4.78, 5) is 30.2. The molecular formula is C18H17FN6O3. The molecule has 0 bridgehead atoms. The molecule has 1 aliphatic heterocycles. The van der Waals surface area contributed by atoms with E-state index in [4.69, 9.17) is 0 Å². The summed E-state index contributed by atoms with van der Waals surface area (Å²) in [5.41, 5.74) is -0.738. The zero-order valence-electron chi connectivity index (χ0n) is 14.8. The van der Waals surface area contributed by atoms with Gasteiger partial charge in [-0.1, -0.05) is 5.21 Å². The molecule has 1 N–H and O–H groups in total. The van der Waals surface area contributed by atoms with Gasteiger partial charge >= 0.3 is 5.97 Å². The Kier molecular flexibility index (Phi) is 3.68. The number of aromatic carboxylic acids is 1. The van der Waals surface area contributed by atoms with Crippen molar-refractivity contribution in [3.05, 3.63) is 46.3 Å². The molecule has 1 saturated heterocycles. The third kappa shape index (κ3) is 2.63. The third-order valence-electron chi connectivity index (χ3n) is 5.39. The molecule has 0 radical (unpaired) electrons. The van der Waals surface area contributed by atoms with Gasteiger partial charge in [0.25, 0.3) is 0 Å². The second-order valence-corrected chi connectivity index (χ2v) is 7.25. The fourth-order valence-corrected chi connectivity index (χ4v) is 3.81. The Morgan fingerprint density at radius 1 is 1.25 bits per heavy atom. The van der Waals surface area contributed by atoms with Gasteiger partial charge in [0, 0.05) is 31.5 Å². The summed E-state index contributed by atoms with van der Waals surface area (Å²) in [5.74, 6) is -1.78. The fraction of sp³-hybridized carbons (Fsp3) is 0.389. The van der Waals surface area contributed by atoms with Gasteiger partial charge in [-0.05, 0) is 25.3 Å². The number of pyridine rings is 2. The molecule has 2 aliphatic rings. The van der Waals surface area contributed by atoms with Gasteiger partial charge in [0.2, 0.25) is 5.43 Å². The van der Waals surface area contributed by atoms with Gasteiger partial charge in [-0.3, -0.25) is 4.79 Å². The summed E-state index contributed by atoms with van der Waals surface area (Å²) in [6.07, 6.45) is 7.24. The average Bonchev–Trinajstić information content (AvgIpc) is 3.16. The molecule has 10 heteroatoms. The maximum Gasteiger partial charge on any atom is 0.341 e. The highest BCUT2D eigenvalue weighted by atomic mass is 19.1. The Morgan fingerprint density at radius 2 is 2.07 bits per heavy atom. The summed E-state index contributed by atoms with van der Waals surface area (Å²) in [6.45, 7) is 1.13. The van der Waals surface area contributed by atoms with Gasteiger partial charge in [0.1, 0.15) is 11.2 Å². The van der Waals surface area contributed by atoms with Crippen LogP contribution in [0.2, 0.25) is 0 Å². The van der Waals surface area contributed by atoms with Gasteiger partial charge in [-0.25, -0.2) is 18.9 Å². The van der Waals surface area contributed by atoms with Crippen LogP contribution < -0.4 is 10.3 Å². The SMILES string of the molecule is O=C(O)c1cn(C2CC2)c2nc(N3CCC(n4ccnn4)C3)c(F)cc2c1=O. The number of fused-ring (bicyclic) bond motifs is 1. The van der Waals surface area contributed by atoms with Crippen molar-refractivity contribution in [2.75, 3.05) is 18.0 Å². The van der Waals surface area contributed by atoms with Crippen LogP contribution in [-0.4, -0.2) is 48.7 Å². The second kappa shape index (κ2) is 6.11. The van der Waals surface area contributed by atoms with E-state index in [1.807, 2.05) is 4.90 Å². The molecule has 1 unspecified atom stereocenters. The minimum absolute atomic E-state index is 0.0000678. The van der Waals surface area contributed by atoms with Gasteiger partial charge in [0.05, 0.1) is 17.6 Å². The van der Waals surface area contributed by atoms with Gasteiger partial charge in [0.15, 0.2) is 11.6 Å². The van der Waals surface area contributed by atoms with E-state index in [-0.39, 0.29) is 28.9 Å². The third-order valence-corrected chi connectivity index (χ3v) is 5.39. The number of rotatable bonds is 4. The minimum Gasteiger partial charge on any atom is -0.477 e. The largest absolute Gasteiger partial charge is 0.477 e. The topological polar surface area (TPSA) is 106 Å². The normalized spacial score (nSPS) is 19.5. The quantitative estimate of drug-likeness (QED) is 0.728. The van der Waals surface area contributed by atoms with Gasteiger partial charge in [-0.15, -0.1) is 5.10 Å². The highest BCUT2D eigenvalue weighted by molar-refractivity contribution is 5.92. The number of hydrogen-bond donors (Lipinski definition) is 1. The molecule has 3 aromatic heterocycles. The van der Waals surface area contributed by atoms with E-state index in [1.165, 1.54) is 6.20 Å². The number of hydrogen-bond acceptors (Lipinski definition) is 6. The van der Waals surface area contributed by atoms with Crippen LogP contribution in [0.25, 0.3) is 11.0 Å². The van der Waals surface area contributed by atoms with Crippen LogP contribution in [0.4, 0.5) is 10.2 Å². The Bertz CT molecular complexity index is 1140. The molecule has 1 saturated carbocycles. The lowest BCUT2D eigenvalue weighted by Crippen LogP contribution is -2.25. The van der Waals surface area contributed by atoms with Crippen molar-refractivity contribution in [2.45, 2.75) is 31.3 Å². The Balaban J connectivity index is 1.60. The van der Waals surface area contributed by atoms with Crippen molar-refractivity contribution in [3.63, 3.8) is 0 Å². The van der Waals surface area contributed by atoms with Crippen molar-refractivity contribution in [2.24, 2.45) is 0 Å². The highest BCUT2D eigenvalue weighted by Gasteiger charge is 2.31. The van der Waals surface area contributed by atoms with E-state index in [0.29, 0.717) is 18.7 Å². The van der Waals surface area contributed by atoms with Crippen LogP contribution in [0.3, 0.4) is 0 Å². The maximum atomic E-state index is 14.9. The Morgan fingerprint density at radius 3 is 2.75 bits per heavy atom. The highest BCUT2D eigenvalue weighted by Crippen LogP contribution is 2.37. The molecule has 9 nitrogen and oxygen atoms in total. The minimum atomic E-state index is -1.32. The number of aromatic nitrogens is 5. The van der Waals surface area contributed by atoms with Crippen LogP contribution in [0, 0.1) is 5.82 Å². The molecular weight excluding hydrogens is 367 g/mol. The van der Waals surface area contributed by atoms with Crippen LogP contribution in [-0.2, 0) is 0 Å². The van der Waals surface area contributed by atoms with Gasteiger partial charge in [-0.2, -0.15) is 0 Å². The average molecular weight is 384 g/mol. The molecule has 2 fully saturated rings. The molecule has 144 valence electrons. The van der Waals surface area contributed by atoms with E-state index in [9.17, 15) is 19.1 Å². The molecule has 1 aliphatic carbocycles. The molecule has 0 amide bonds. The molecule has 1 atom stereocenters. The first-order chi connectivity index (χ1) is 13.5. The predicted molar refractivity (Wildman–Crippen MR) is 97.1 cm³/mol. The lowest BCUT2D eigenvalue weighted by Gasteiger charge is -2.20. The number of carbonyl (C=O) groups is 1. The first kappa shape index (κ1) is 16.8. The molecule has 3 aromatic rings. The van der Waals surface area contributed by atoms with Crippen LogP contribution >= 0.6 is 0 Å². The van der Waals surface area contributed by atoms with Crippen molar-refractivity contribution >= 4 is 22.8 Å². The Labute approximate surface area is 158 Å². The first-order valence-electron chi connectivity index (χ1n) is 9.12. The summed E-state index contributed by atoms with van der Waals surface area (Å²) < 4.78 is 18.3. The summed E-state index contributed by atoms with van der Waals surface area (Å²) >= 11 is 0. The standard InChI is InChI=1S/C18H17FN6O3/c19-14-7-12-15(26)13(18(27)28)9-24(10-1-2-10)16(12)21-17(14)23-5-3-11(8-23)25-6-4-20-22-25/h4,6-7,9-11H,1-3,5,8H2,(H,27,28). The second-order valence-electron chi connectivity index (χ2n) is 7.25. The van der Waals surface area contributed by atoms with Crippen molar-refractivity contribution in [1.29, 1.82) is 0 Å². The fourth-order valence-electron chi connectivity index (χ4n) is 3.81. The zero-order valence-corrected chi connectivity index (χ0v) is 14.8. The van der Waals surface area contributed by atoms with Gasteiger partial charge < -0.3 is 14.6 Å². The monoisotopic (exact) mass is 384 g/mol. The maximum absolute atomic E-state index is 14.9. The van der Waals surface area contributed by atoms with E-state index in [1.54, 1.807) is 21.6 Å². The van der Waals surface area contributed by atoms with E-state index in [2.05, 4.69) is 15.3 Å². The zero-order chi connectivity index (χ0) is 19.4. The van der Waals surface area contributed by atoms with Crippen molar-refractivity contribution < 1.29 is 14.3 Å². The number of carboxylic acid groups (broad SMARTS) is 1. The van der Waals surface area contributed by atoms with Crippen molar-refractivity contribution in [3.8, 4) is 0 Å². The molecule has 5 rings (SSSR count). The number of nitrogens with zero attached hydrogens (tertiary/aromatic N) is 6. The predicted octanol–water partition coefficient (Wildman–Crippen LogP) is 1.61. The summed E-state index contributed by atoms with van der Waals surface area (Å²) in [5, 5.41) is 17.1. The number of anilines is 1. The van der Waals surface area contributed by atoms with Crippen LogP contribution in [0.5, 0.6) is 0 Å². The molecule has 28 heavy (non-hydrogen) atoms. The van der Waals surface area contributed by atoms with Crippen LogP contribution in [0.1, 0.15) is 41.7 Å². The lowest BCUT2D eigenvalue weighted by atomic mass is 10.2. The Hall–Kier alpha value is -3.30. The molecule has 4 heterocycles. The number of carboxylic acids is 1. The first-order valence-corrected chi connectivity index (χ1v) is 9.12. The smallest absolute Gasteiger partial charge is 0.341 e. The number of halogens is 1. The summed E-state index contributed by atoms with van der Waals surface area (Å²) in [7, 11) is 0.